The molecule has 1 aliphatic heterocycles. The van der Waals surface area contributed by atoms with Crippen molar-refractivity contribution in [1.29, 1.82) is 0 Å². The van der Waals surface area contributed by atoms with E-state index in [9.17, 15) is 0 Å². The molecule has 1 aromatic heterocycles. The van der Waals surface area contributed by atoms with E-state index < -0.39 is 0 Å². The average molecular weight is 279 g/mol. The maximum Gasteiger partial charge on any atom is 0.0948 e. The van der Waals surface area contributed by atoms with E-state index in [1.165, 1.54) is 25.1 Å². The first-order valence-corrected chi connectivity index (χ1v) is 7.85. The lowest BCUT2D eigenvalue weighted by molar-refractivity contribution is 0.126. The Labute approximate surface area is 122 Å². The Balaban J connectivity index is 2.24. The van der Waals surface area contributed by atoms with Crippen LogP contribution in [0.1, 0.15) is 38.4 Å². The van der Waals surface area contributed by atoms with Gasteiger partial charge in [-0.3, -0.25) is 4.90 Å². The molecule has 0 radical (unpaired) electrons. The highest BCUT2D eigenvalue weighted by molar-refractivity contribution is 5.08. The van der Waals surface area contributed by atoms with Crippen molar-refractivity contribution >= 4 is 0 Å². The minimum absolute atomic E-state index is 0.286. The molecule has 1 aliphatic rings. The SMILES string of the molecule is CCC1CN(C)CCCN1C(CN)c1cncn1CC. The number of rotatable bonds is 5. The first-order valence-electron chi connectivity index (χ1n) is 7.85. The molecular weight excluding hydrogens is 250 g/mol. The summed E-state index contributed by atoms with van der Waals surface area (Å²) in [4.78, 5) is 9.36. The summed E-state index contributed by atoms with van der Waals surface area (Å²) in [6, 6.07) is 0.866. The number of nitrogens with zero attached hydrogens (tertiary/aromatic N) is 4. The van der Waals surface area contributed by atoms with E-state index in [1.807, 2.05) is 12.5 Å². The summed E-state index contributed by atoms with van der Waals surface area (Å²) in [7, 11) is 2.22. The normalized spacial score (nSPS) is 23.7. The molecule has 5 nitrogen and oxygen atoms in total. The van der Waals surface area contributed by atoms with Crippen molar-refractivity contribution in [2.24, 2.45) is 5.73 Å². The van der Waals surface area contributed by atoms with E-state index in [0.717, 1.165) is 19.6 Å². The second-order valence-corrected chi connectivity index (χ2v) is 5.77. The number of imidazole rings is 1. The molecule has 1 aromatic rings. The summed E-state index contributed by atoms with van der Waals surface area (Å²) in [5.41, 5.74) is 7.39. The summed E-state index contributed by atoms with van der Waals surface area (Å²) >= 11 is 0. The van der Waals surface area contributed by atoms with Gasteiger partial charge in [0.2, 0.25) is 0 Å². The van der Waals surface area contributed by atoms with Gasteiger partial charge in [0, 0.05) is 38.4 Å². The van der Waals surface area contributed by atoms with Gasteiger partial charge >= 0.3 is 0 Å². The highest BCUT2D eigenvalue weighted by Gasteiger charge is 2.29. The van der Waals surface area contributed by atoms with Crippen molar-refractivity contribution in [3.8, 4) is 0 Å². The molecule has 1 fully saturated rings. The Kier molecular flexibility index (Phi) is 5.57. The van der Waals surface area contributed by atoms with Gasteiger partial charge in [0.1, 0.15) is 0 Å². The van der Waals surface area contributed by atoms with Crippen LogP contribution in [0.15, 0.2) is 12.5 Å². The van der Waals surface area contributed by atoms with Gasteiger partial charge in [0.15, 0.2) is 0 Å². The maximum atomic E-state index is 6.12. The van der Waals surface area contributed by atoms with Crippen LogP contribution in [-0.4, -0.2) is 58.6 Å². The summed E-state index contributed by atoms with van der Waals surface area (Å²) in [5.74, 6) is 0. The third kappa shape index (κ3) is 3.22. The molecule has 0 aliphatic carbocycles. The maximum absolute atomic E-state index is 6.12. The van der Waals surface area contributed by atoms with Crippen molar-refractivity contribution in [3.63, 3.8) is 0 Å². The van der Waals surface area contributed by atoms with Crippen LogP contribution in [0.2, 0.25) is 0 Å². The topological polar surface area (TPSA) is 50.3 Å². The van der Waals surface area contributed by atoms with Crippen LogP contribution in [0.4, 0.5) is 0 Å². The number of aryl methyl sites for hydroxylation is 1. The Bertz CT molecular complexity index is 403. The van der Waals surface area contributed by atoms with Gasteiger partial charge in [-0.05, 0) is 33.4 Å². The van der Waals surface area contributed by atoms with Gasteiger partial charge in [-0.2, -0.15) is 0 Å². The van der Waals surface area contributed by atoms with E-state index in [2.05, 4.69) is 40.2 Å². The molecular formula is C15H29N5. The molecule has 5 heteroatoms. The Morgan fingerprint density at radius 2 is 2.20 bits per heavy atom. The monoisotopic (exact) mass is 279 g/mol. The van der Waals surface area contributed by atoms with Crippen molar-refractivity contribution < 1.29 is 0 Å². The Morgan fingerprint density at radius 1 is 1.40 bits per heavy atom. The zero-order valence-electron chi connectivity index (χ0n) is 13.1. The molecule has 0 bridgehead atoms. The Hall–Kier alpha value is -0.910. The van der Waals surface area contributed by atoms with Crippen molar-refractivity contribution in [2.75, 3.05) is 33.2 Å². The lowest BCUT2D eigenvalue weighted by Crippen LogP contribution is -2.44. The average Bonchev–Trinajstić information content (AvgIpc) is 2.84. The lowest BCUT2D eigenvalue weighted by atomic mass is 10.1. The number of aromatic nitrogens is 2. The second kappa shape index (κ2) is 7.20. The molecule has 2 atom stereocenters. The highest BCUT2D eigenvalue weighted by atomic mass is 15.3. The smallest absolute Gasteiger partial charge is 0.0948 e. The summed E-state index contributed by atoms with van der Waals surface area (Å²) in [5, 5.41) is 0. The number of hydrogen-bond acceptors (Lipinski definition) is 4. The molecule has 2 N–H and O–H groups in total. The van der Waals surface area contributed by atoms with Crippen LogP contribution in [0.25, 0.3) is 0 Å². The van der Waals surface area contributed by atoms with Crippen molar-refractivity contribution in [3.05, 3.63) is 18.2 Å². The van der Waals surface area contributed by atoms with Gasteiger partial charge in [-0.1, -0.05) is 6.92 Å². The van der Waals surface area contributed by atoms with Crippen LogP contribution in [0.5, 0.6) is 0 Å². The molecule has 2 rings (SSSR count). The minimum atomic E-state index is 0.286. The summed E-state index contributed by atoms with van der Waals surface area (Å²) in [6.45, 7) is 9.49. The Morgan fingerprint density at radius 3 is 2.85 bits per heavy atom. The molecule has 0 spiro atoms. The molecule has 20 heavy (non-hydrogen) atoms. The zero-order chi connectivity index (χ0) is 14.5. The van der Waals surface area contributed by atoms with E-state index >= 15 is 0 Å². The minimum Gasteiger partial charge on any atom is -0.333 e. The fourth-order valence-corrected chi connectivity index (χ4v) is 3.33. The quantitative estimate of drug-likeness (QED) is 0.883. The number of hydrogen-bond donors (Lipinski definition) is 1. The molecule has 0 aromatic carbocycles. The van der Waals surface area contributed by atoms with Crippen molar-refractivity contribution in [1.82, 2.24) is 19.4 Å². The van der Waals surface area contributed by atoms with Gasteiger partial charge in [-0.15, -0.1) is 0 Å². The van der Waals surface area contributed by atoms with E-state index in [-0.39, 0.29) is 6.04 Å². The molecule has 0 amide bonds. The van der Waals surface area contributed by atoms with Gasteiger partial charge < -0.3 is 15.2 Å². The molecule has 2 unspecified atom stereocenters. The molecule has 0 saturated carbocycles. The fraction of sp³-hybridized carbons (Fsp3) is 0.800. The van der Waals surface area contributed by atoms with Crippen LogP contribution < -0.4 is 5.73 Å². The lowest BCUT2D eigenvalue weighted by Gasteiger charge is -2.36. The summed E-state index contributed by atoms with van der Waals surface area (Å²) in [6.07, 6.45) is 6.29. The second-order valence-electron chi connectivity index (χ2n) is 5.77. The van der Waals surface area contributed by atoms with Crippen LogP contribution in [-0.2, 0) is 6.54 Å². The van der Waals surface area contributed by atoms with Gasteiger partial charge in [0.05, 0.1) is 18.1 Å². The standard InChI is InChI=1S/C15H29N5/c1-4-13-11-18(3)7-6-8-20(13)14(9-16)15-10-17-12-19(15)5-2/h10,12-14H,4-9,11,16H2,1-3H3. The first-order chi connectivity index (χ1) is 9.71. The van der Waals surface area contributed by atoms with Gasteiger partial charge in [-0.25, -0.2) is 4.98 Å². The van der Waals surface area contributed by atoms with E-state index in [0.29, 0.717) is 12.6 Å². The van der Waals surface area contributed by atoms with Crippen LogP contribution in [0, 0.1) is 0 Å². The first kappa shape index (κ1) is 15.5. The predicted octanol–water partition coefficient (Wildman–Crippen LogP) is 1.32. The third-order valence-electron chi connectivity index (χ3n) is 4.47. The third-order valence-corrected chi connectivity index (χ3v) is 4.47. The largest absolute Gasteiger partial charge is 0.333 e. The van der Waals surface area contributed by atoms with Crippen molar-refractivity contribution in [2.45, 2.75) is 45.3 Å². The number of nitrogens with two attached hydrogens (primary N) is 1. The molecule has 1 saturated heterocycles. The molecule has 2 heterocycles. The summed E-state index contributed by atoms with van der Waals surface area (Å²) < 4.78 is 2.22. The van der Waals surface area contributed by atoms with E-state index in [1.54, 1.807) is 0 Å². The van der Waals surface area contributed by atoms with Gasteiger partial charge in [0.25, 0.3) is 0 Å². The van der Waals surface area contributed by atoms with Crippen LogP contribution in [0.3, 0.4) is 0 Å². The zero-order valence-corrected chi connectivity index (χ0v) is 13.1. The highest BCUT2D eigenvalue weighted by Crippen LogP contribution is 2.25. The predicted molar refractivity (Wildman–Crippen MR) is 82.6 cm³/mol. The molecule has 114 valence electrons. The van der Waals surface area contributed by atoms with E-state index in [4.69, 9.17) is 5.73 Å². The number of likely N-dealkylation sites (N-methyl/N-ethyl adjacent to an activating group) is 1. The fourth-order valence-electron chi connectivity index (χ4n) is 3.33. The van der Waals surface area contributed by atoms with Crippen LogP contribution >= 0.6 is 0 Å².